The molecule has 0 amide bonds. The standard InChI is InChI=1S/C14H28N2O3S/c1-12-10-20(18,19)9-8-16(12)7-5-13-4-3-6-14(13,11-17)15-2/h12-13,15,17H,3-11H2,1-2H3. The van der Waals surface area contributed by atoms with E-state index in [-0.39, 0.29) is 23.9 Å². The third-order valence-electron chi connectivity index (χ3n) is 5.31. The van der Waals surface area contributed by atoms with Crippen LogP contribution in [0.25, 0.3) is 0 Å². The summed E-state index contributed by atoms with van der Waals surface area (Å²) in [5, 5.41) is 13.0. The van der Waals surface area contributed by atoms with Crippen molar-refractivity contribution in [2.24, 2.45) is 5.92 Å². The Morgan fingerprint density at radius 3 is 2.80 bits per heavy atom. The Labute approximate surface area is 122 Å². The van der Waals surface area contributed by atoms with Gasteiger partial charge in [-0.15, -0.1) is 0 Å². The Morgan fingerprint density at radius 1 is 1.45 bits per heavy atom. The molecule has 0 radical (unpaired) electrons. The summed E-state index contributed by atoms with van der Waals surface area (Å²) in [7, 11) is -0.893. The van der Waals surface area contributed by atoms with Crippen molar-refractivity contribution in [2.45, 2.75) is 44.2 Å². The van der Waals surface area contributed by atoms with Gasteiger partial charge in [-0.2, -0.15) is 0 Å². The molecule has 1 heterocycles. The zero-order chi connectivity index (χ0) is 14.8. The van der Waals surface area contributed by atoms with E-state index < -0.39 is 9.84 Å². The molecule has 2 aliphatic rings. The first-order valence-electron chi connectivity index (χ1n) is 7.67. The van der Waals surface area contributed by atoms with Crippen LogP contribution in [0, 0.1) is 5.92 Å². The molecular weight excluding hydrogens is 276 g/mol. The molecule has 1 saturated heterocycles. The average Bonchev–Trinajstić information content (AvgIpc) is 2.80. The highest BCUT2D eigenvalue weighted by Gasteiger charge is 2.41. The number of aliphatic hydroxyl groups is 1. The average molecular weight is 304 g/mol. The predicted octanol–water partition coefficient (Wildman–Crippen LogP) is 0.246. The topological polar surface area (TPSA) is 69.6 Å². The molecule has 118 valence electrons. The van der Waals surface area contributed by atoms with Gasteiger partial charge in [0.2, 0.25) is 0 Å². The van der Waals surface area contributed by atoms with Gasteiger partial charge in [-0.1, -0.05) is 6.42 Å². The van der Waals surface area contributed by atoms with Gasteiger partial charge in [-0.25, -0.2) is 8.42 Å². The highest BCUT2D eigenvalue weighted by molar-refractivity contribution is 7.91. The van der Waals surface area contributed by atoms with E-state index in [0.717, 1.165) is 32.2 Å². The normalized spacial score (nSPS) is 38.1. The van der Waals surface area contributed by atoms with Gasteiger partial charge in [0.15, 0.2) is 9.84 Å². The van der Waals surface area contributed by atoms with Crippen LogP contribution < -0.4 is 5.32 Å². The van der Waals surface area contributed by atoms with Gasteiger partial charge >= 0.3 is 0 Å². The third-order valence-corrected chi connectivity index (χ3v) is 7.10. The summed E-state index contributed by atoms with van der Waals surface area (Å²) in [5.74, 6) is 1.07. The van der Waals surface area contributed by atoms with E-state index in [2.05, 4.69) is 10.2 Å². The van der Waals surface area contributed by atoms with Gasteiger partial charge in [0.25, 0.3) is 0 Å². The van der Waals surface area contributed by atoms with Gasteiger partial charge in [0.1, 0.15) is 0 Å². The van der Waals surface area contributed by atoms with E-state index in [9.17, 15) is 13.5 Å². The summed E-state index contributed by atoms with van der Waals surface area (Å²) >= 11 is 0. The summed E-state index contributed by atoms with van der Waals surface area (Å²) in [6, 6.07) is 0.119. The molecule has 6 heteroatoms. The lowest BCUT2D eigenvalue weighted by atomic mass is 9.85. The van der Waals surface area contributed by atoms with Crippen LogP contribution in [0.15, 0.2) is 0 Å². The van der Waals surface area contributed by atoms with Crippen molar-refractivity contribution < 1.29 is 13.5 Å². The van der Waals surface area contributed by atoms with Crippen molar-refractivity contribution in [3.05, 3.63) is 0 Å². The van der Waals surface area contributed by atoms with Crippen molar-refractivity contribution >= 4 is 9.84 Å². The highest BCUT2D eigenvalue weighted by atomic mass is 32.2. The molecule has 2 fully saturated rings. The molecule has 1 saturated carbocycles. The van der Waals surface area contributed by atoms with Crippen LogP contribution in [0.2, 0.25) is 0 Å². The van der Waals surface area contributed by atoms with Gasteiger partial charge < -0.3 is 10.4 Å². The zero-order valence-corrected chi connectivity index (χ0v) is 13.5. The highest BCUT2D eigenvalue weighted by Crippen LogP contribution is 2.37. The molecule has 0 spiro atoms. The number of hydrogen-bond donors (Lipinski definition) is 2. The predicted molar refractivity (Wildman–Crippen MR) is 80.5 cm³/mol. The van der Waals surface area contributed by atoms with Crippen LogP contribution >= 0.6 is 0 Å². The van der Waals surface area contributed by atoms with E-state index in [0.29, 0.717) is 18.2 Å². The quantitative estimate of drug-likeness (QED) is 0.762. The van der Waals surface area contributed by atoms with Crippen molar-refractivity contribution in [1.82, 2.24) is 10.2 Å². The Hall–Kier alpha value is -0.170. The van der Waals surface area contributed by atoms with E-state index >= 15 is 0 Å². The minimum Gasteiger partial charge on any atom is -0.394 e. The molecule has 20 heavy (non-hydrogen) atoms. The molecule has 2 rings (SSSR count). The lowest BCUT2D eigenvalue weighted by Gasteiger charge is -2.37. The Kier molecular flexibility index (Phi) is 5.10. The first-order valence-corrected chi connectivity index (χ1v) is 9.49. The zero-order valence-electron chi connectivity index (χ0n) is 12.6. The molecule has 5 nitrogen and oxygen atoms in total. The maximum Gasteiger partial charge on any atom is 0.153 e. The van der Waals surface area contributed by atoms with E-state index in [4.69, 9.17) is 0 Å². The summed E-state index contributed by atoms with van der Waals surface area (Å²) in [6.45, 7) is 3.79. The largest absolute Gasteiger partial charge is 0.394 e. The molecule has 0 aromatic carbocycles. The summed E-state index contributed by atoms with van der Waals surface area (Å²) in [6.07, 6.45) is 4.39. The Bertz CT molecular complexity index is 420. The van der Waals surface area contributed by atoms with Gasteiger partial charge in [-0.3, -0.25) is 4.90 Å². The van der Waals surface area contributed by atoms with Gasteiger partial charge in [-0.05, 0) is 45.7 Å². The second-order valence-electron chi connectivity index (χ2n) is 6.44. The van der Waals surface area contributed by atoms with Crippen LogP contribution in [0.1, 0.15) is 32.6 Å². The van der Waals surface area contributed by atoms with E-state index in [1.165, 1.54) is 0 Å². The number of likely N-dealkylation sites (N-methyl/N-ethyl adjacent to an activating group) is 1. The van der Waals surface area contributed by atoms with Crippen LogP contribution in [0.5, 0.6) is 0 Å². The molecule has 0 aromatic heterocycles. The minimum absolute atomic E-state index is 0.119. The van der Waals surface area contributed by atoms with Crippen LogP contribution in [0.4, 0.5) is 0 Å². The molecule has 3 unspecified atom stereocenters. The van der Waals surface area contributed by atoms with Crippen molar-refractivity contribution in [3.8, 4) is 0 Å². The second kappa shape index (κ2) is 6.30. The summed E-state index contributed by atoms with van der Waals surface area (Å²) < 4.78 is 23.2. The SMILES string of the molecule is CNC1(CO)CCCC1CCN1CCS(=O)(=O)CC1C. The van der Waals surface area contributed by atoms with Gasteiger partial charge in [0.05, 0.1) is 18.1 Å². The second-order valence-corrected chi connectivity index (χ2v) is 8.67. The number of nitrogens with zero attached hydrogens (tertiary/aromatic N) is 1. The molecule has 2 N–H and O–H groups in total. The Balaban J connectivity index is 1.89. The Morgan fingerprint density at radius 2 is 2.20 bits per heavy atom. The fourth-order valence-corrected chi connectivity index (χ4v) is 5.49. The summed E-state index contributed by atoms with van der Waals surface area (Å²) in [4.78, 5) is 2.29. The van der Waals surface area contributed by atoms with Crippen LogP contribution in [-0.2, 0) is 9.84 Å². The lowest BCUT2D eigenvalue weighted by Crippen LogP contribution is -2.52. The molecule has 0 bridgehead atoms. The molecule has 3 atom stereocenters. The number of aliphatic hydroxyl groups excluding tert-OH is 1. The smallest absolute Gasteiger partial charge is 0.153 e. The molecule has 1 aliphatic heterocycles. The maximum atomic E-state index is 11.6. The van der Waals surface area contributed by atoms with Gasteiger partial charge in [0, 0.05) is 18.1 Å². The van der Waals surface area contributed by atoms with Crippen molar-refractivity contribution in [1.29, 1.82) is 0 Å². The van der Waals surface area contributed by atoms with Crippen LogP contribution in [-0.4, -0.2) is 68.3 Å². The first-order chi connectivity index (χ1) is 9.42. The van der Waals surface area contributed by atoms with Crippen molar-refractivity contribution in [3.63, 3.8) is 0 Å². The molecular formula is C14H28N2O3S. The van der Waals surface area contributed by atoms with Crippen molar-refractivity contribution in [2.75, 3.05) is 38.2 Å². The molecule has 1 aliphatic carbocycles. The first kappa shape index (κ1) is 16.2. The monoisotopic (exact) mass is 304 g/mol. The third kappa shape index (κ3) is 3.35. The van der Waals surface area contributed by atoms with Crippen LogP contribution in [0.3, 0.4) is 0 Å². The minimum atomic E-state index is -2.83. The summed E-state index contributed by atoms with van der Waals surface area (Å²) in [5.41, 5.74) is -0.120. The fraction of sp³-hybridized carbons (Fsp3) is 1.00. The number of sulfone groups is 1. The maximum absolute atomic E-state index is 11.6. The van der Waals surface area contributed by atoms with E-state index in [1.807, 2.05) is 14.0 Å². The lowest BCUT2D eigenvalue weighted by molar-refractivity contribution is 0.114. The number of nitrogens with one attached hydrogen (secondary N) is 1. The number of hydrogen-bond acceptors (Lipinski definition) is 5. The van der Waals surface area contributed by atoms with E-state index in [1.54, 1.807) is 0 Å². The number of rotatable bonds is 5. The fourth-order valence-electron chi connectivity index (χ4n) is 3.87. The molecule has 0 aromatic rings.